The van der Waals surface area contributed by atoms with Crippen LogP contribution in [0.4, 0.5) is 9.59 Å². The highest BCUT2D eigenvalue weighted by Gasteiger charge is 2.54. The molecule has 1 saturated heterocycles. The van der Waals surface area contributed by atoms with Crippen molar-refractivity contribution in [2.75, 3.05) is 27.9 Å². The topological polar surface area (TPSA) is 184 Å². The molecule has 2 saturated carbocycles. The first-order valence-electron chi connectivity index (χ1n) is 20.1. The summed E-state index contributed by atoms with van der Waals surface area (Å²) in [4.78, 5) is 69.9. The Hall–Kier alpha value is -5.86. The molecule has 2 aromatic heterocycles. The normalized spacial score (nSPS) is 21.6. The second kappa shape index (κ2) is 16.9. The number of carbonyl (C=O) groups is 4. The molecule has 3 fully saturated rings. The Kier molecular flexibility index (Phi) is 11.8. The fourth-order valence-electron chi connectivity index (χ4n) is 9.21. The van der Waals surface area contributed by atoms with Gasteiger partial charge in [-0.15, -0.1) is 0 Å². The summed E-state index contributed by atoms with van der Waals surface area (Å²) in [6, 6.07) is 13.0. The van der Waals surface area contributed by atoms with E-state index >= 15 is 0 Å². The number of hydrogen-bond donors (Lipinski definition) is 4. The van der Waals surface area contributed by atoms with Gasteiger partial charge in [0.1, 0.15) is 23.4 Å². The second-order valence-corrected chi connectivity index (χ2v) is 16.2. The van der Waals surface area contributed by atoms with Gasteiger partial charge in [-0.05, 0) is 87.0 Å². The van der Waals surface area contributed by atoms with Crippen molar-refractivity contribution in [1.82, 2.24) is 40.6 Å². The lowest BCUT2D eigenvalue weighted by atomic mass is 9.78. The summed E-state index contributed by atoms with van der Waals surface area (Å²) in [5.74, 6) is 2.03. The molecule has 1 aliphatic heterocycles. The van der Waals surface area contributed by atoms with Crippen molar-refractivity contribution in [3.63, 3.8) is 0 Å². The number of hydrazine groups is 1. The van der Waals surface area contributed by atoms with Crippen LogP contribution in [-0.2, 0) is 19.1 Å². The van der Waals surface area contributed by atoms with Crippen LogP contribution in [0.25, 0.3) is 33.6 Å². The Morgan fingerprint density at radius 3 is 2.12 bits per heavy atom. The maximum Gasteiger partial charge on any atom is 0.425 e. The number of fused-ring (bicyclic) bond motifs is 2. The van der Waals surface area contributed by atoms with Gasteiger partial charge in [0.2, 0.25) is 11.8 Å². The third-order valence-electron chi connectivity index (χ3n) is 12.1. The predicted octanol–water partition coefficient (Wildman–Crippen LogP) is 6.82. The molecule has 0 spiro atoms. The van der Waals surface area contributed by atoms with Crippen molar-refractivity contribution < 1.29 is 33.4 Å². The van der Waals surface area contributed by atoms with Crippen molar-refractivity contribution in [1.29, 1.82) is 0 Å². The number of aromatic nitrogens is 4. The van der Waals surface area contributed by atoms with Gasteiger partial charge >= 0.3 is 12.2 Å². The predicted molar refractivity (Wildman–Crippen MR) is 216 cm³/mol. The Balaban J connectivity index is 1.06. The third kappa shape index (κ3) is 7.86. The number of carbonyl (C=O) groups excluding carboxylic acids is 4. The lowest BCUT2D eigenvalue weighted by Crippen LogP contribution is -2.53. The van der Waals surface area contributed by atoms with Crippen molar-refractivity contribution >= 4 is 24.0 Å². The average molecular weight is 795 g/mol. The van der Waals surface area contributed by atoms with E-state index in [0.717, 1.165) is 71.6 Å². The highest BCUT2D eigenvalue weighted by molar-refractivity contribution is 5.86. The number of benzene rings is 2. The zero-order chi connectivity index (χ0) is 41.2. The zero-order valence-electron chi connectivity index (χ0n) is 34.2. The van der Waals surface area contributed by atoms with Gasteiger partial charge in [0.25, 0.3) is 0 Å². The maximum atomic E-state index is 14.0. The summed E-state index contributed by atoms with van der Waals surface area (Å²) >= 11 is 0. The Bertz CT molecular complexity index is 2130. The number of likely N-dealkylation sites (tertiary alicyclic amines) is 1. The Morgan fingerprint density at radius 2 is 1.45 bits per heavy atom. The highest BCUT2D eigenvalue weighted by atomic mass is 16.5. The molecule has 0 radical (unpaired) electrons. The summed E-state index contributed by atoms with van der Waals surface area (Å²) in [7, 11) is 4.22. The number of aromatic amines is 2. The van der Waals surface area contributed by atoms with Gasteiger partial charge < -0.3 is 34.4 Å². The Morgan fingerprint density at radius 1 is 0.810 bits per heavy atom. The van der Waals surface area contributed by atoms with Crippen LogP contribution in [0.3, 0.4) is 0 Å². The molecule has 3 aliphatic rings. The highest BCUT2D eigenvalue weighted by Crippen LogP contribution is 2.56. The van der Waals surface area contributed by atoms with Crippen LogP contribution in [-0.4, -0.2) is 93.8 Å². The number of alkyl carbamates (subject to hydrolysis) is 1. The average Bonchev–Trinajstić information content (AvgIpc) is 4.09. The molecule has 6 atom stereocenters. The number of methoxy groups -OCH3 is 3. The van der Waals surface area contributed by atoms with Crippen molar-refractivity contribution in [3.05, 3.63) is 66.5 Å². The van der Waals surface area contributed by atoms with Crippen LogP contribution in [0.1, 0.15) is 83.4 Å². The van der Waals surface area contributed by atoms with E-state index in [-0.39, 0.29) is 47.6 Å². The molecular weight excluding hydrogens is 741 g/mol. The molecule has 4 N–H and O–H groups in total. The number of nitrogens with one attached hydrogen (secondary N) is 4. The molecule has 2 aliphatic carbocycles. The van der Waals surface area contributed by atoms with Crippen LogP contribution in [0.5, 0.6) is 5.75 Å². The molecule has 2 aromatic carbocycles. The van der Waals surface area contributed by atoms with E-state index in [1.165, 1.54) is 19.2 Å². The van der Waals surface area contributed by atoms with Crippen molar-refractivity contribution in [2.24, 2.45) is 23.7 Å². The summed E-state index contributed by atoms with van der Waals surface area (Å²) in [5.41, 5.74) is 8.04. The smallest absolute Gasteiger partial charge is 0.425 e. The lowest BCUT2D eigenvalue weighted by Gasteiger charge is -2.35. The third-order valence-corrected chi connectivity index (χ3v) is 12.1. The van der Waals surface area contributed by atoms with Gasteiger partial charge in [-0.1, -0.05) is 44.2 Å². The molecule has 3 unspecified atom stereocenters. The van der Waals surface area contributed by atoms with Gasteiger partial charge in [-0.25, -0.2) is 30.0 Å². The molecule has 4 aromatic rings. The van der Waals surface area contributed by atoms with Crippen LogP contribution in [0.2, 0.25) is 0 Å². The minimum atomic E-state index is -0.706. The van der Waals surface area contributed by atoms with Crippen LogP contribution < -0.4 is 15.5 Å². The van der Waals surface area contributed by atoms with Gasteiger partial charge in [0, 0.05) is 29.6 Å². The zero-order valence-corrected chi connectivity index (χ0v) is 34.2. The number of amides is 4. The van der Waals surface area contributed by atoms with Crippen molar-refractivity contribution in [3.8, 4) is 39.4 Å². The quantitative estimate of drug-likeness (QED) is 0.118. The van der Waals surface area contributed by atoms with E-state index in [4.69, 9.17) is 24.2 Å². The SMILES string of the molecule is COC(=O)N[C@H](C(=O)N1CCC[C@H]1c1ncc(-c2ccc(-c3ccc(-c4cnc(C5C6CCC(C6)[C@@H]5C(=O)N(NC(=O)OC)C(C)C)[nH]4)cc3)c(OC)c2)[nH]1)C(C)C. The van der Waals surface area contributed by atoms with Crippen LogP contribution in [0, 0.1) is 23.7 Å². The fraction of sp³-hybridized carbons (Fsp3) is 0.488. The van der Waals surface area contributed by atoms with Gasteiger partial charge in [0.05, 0.1) is 57.1 Å². The van der Waals surface area contributed by atoms with E-state index in [9.17, 15) is 19.2 Å². The molecule has 2 bridgehead atoms. The fourth-order valence-corrected chi connectivity index (χ4v) is 9.21. The maximum absolute atomic E-state index is 14.0. The molecule has 308 valence electrons. The molecular formula is C43H54N8O7. The molecule has 15 heteroatoms. The number of H-pyrrole nitrogens is 2. The molecule has 15 nitrogen and oxygen atoms in total. The van der Waals surface area contributed by atoms with E-state index < -0.39 is 18.2 Å². The molecule has 58 heavy (non-hydrogen) atoms. The molecule has 4 amide bonds. The van der Waals surface area contributed by atoms with E-state index in [2.05, 4.69) is 32.8 Å². The summed E-state index contributed by atoms with van der Waals surface area (Å²) in [5, 5.41) is 4.10. The largest absolute Gasteiger partial charge is 0.496 e. The van der Waals surface area contributed by atoms with Crippen LogP contribution in [0.15, 0.2) is 54.9 Å². The standard InChI is InChI=1S/C43H54N8O7/c1-23(2)37(48-42(54)57-6)41(53)50-18-8-9-33(50)38-44-22-32(46-38)27-16-17-30(34(20-27)56-5)25-10-12-26(13-11-25)31-21-45-39(47-31)35-28-14-15-29(19-28)36(35)40(52)51(24(3)4)49-43(55)58-7/h10-13,16-17,20-24,28-29,33,35-37H,8-9,14-15,18-19H2,1-7H3,(H,44,46)(H,45,47)(H,48,54)(H,49,55)/t28?,29?,33-,35?,36-,37-/m0/s1. The molecule has 3 heterocycles. The van der Waals surface area contributed by atoms with E-state index in [1.807, 2.05) is 64.2 Å². The summed E-state index contributed by atoms with van der Waals surface area (Å²) in [6.07, 6.45) is 6.91. The minimum Gasteiger partial charge on any atom is -0.496 e. The van der Waals surface area contributed by atoms with Gasteiger partial charge in [-0.2, -0.15) is 0 Å². The minimum absolute atomic E-state index is 0.0687. The molecule has 7 rings (SSSR count). The number of imidazole rings is 2. The van der Waals surface area contributed by atoms with Gasteiger partial charge in [-0.3, -0.25) is 9.59 Å². The summed E-state index contributed by atoms with van der Waals surface area (Å²) < 4.78 is 15.4. The number of nitrogens with zero attached hydrogens (tertiary/aromatic N) is 4. The number of hydrogen-bond acceptors (Lipinski definition) is 9. The second-order valence-electron chi connectivity index (χ2n) is 16.2. The van der Waals surface area contributed by atoms with Crippen molar-refractivity contribution in [2.45, 2.75) is 83.8 Å². The first-order chi connectivity index (χ1) is 27.9. The summed E-state index contributed by atoms with van der Waals surface area (Å²) in [6.45, 7) is 8.11. The number of rotatable bonds is 11. The van der Waals surface area contributed by atoms with Crippen LogP contribution >= 0.6 is 0 Å². The van der Waals surface area contributed by atoms with Gasteiger partial charge in [0.15, 0.2) is 0 Å². The first-order valence-corrected chi connectivity index (χ1v) is 20.1. The van der Waals surface area contributed by atoms with E-state index in [1.54, 1.807) is 18.2 Å². The lowest BCUT2D eigenvalue weighted by molar-refractivity contribution is -0.143. The Labute approximate surface area is 338 Å². The monoisotopic (exact) mass is 794 g/mol. The number of ether oxygens (including phenoxy) is 3. The first kappa shape index (κ1) is 40.3. The van der Waals surface area contributed by atoms with E-state index in [0.29, 0.717) is 24.0 Å².